The molecule has 8 heteroatoms. The standard InChI is InChI=1S/C20H20ClN3O3S/c1-13-17(18(21)24(23-13)12-15-7-4-3-5-8-15)20(26)27-14(2)19(25)22-11-16-9-6-10-28-16/h3-10,14H,11-12H2,1-2H3,(H,22,25)/t14-/m0/s1. The first-order valence-corrected chi connectivity index (χ1v) is 9.99. The van der Waals surface area contributed by atoms with E-state index < -0.39 is 12.1 Å². The Morgan fingerprint density at radius 2 is 2.00 bits per heavy atom. The van der Waals surface area contributed by atoms with Gasteiger partial charge in [-0.2, -0.15) is 5.10 Å². The van der Waals surface area contributed by atoms with Crippen LogP contribution in [0.2, 0.25) is 5.15 Å². The first-order chi connectivity index (χ1) is 13.5. The lowest BCUT2D eigenvalue weighted by atomic mass is 10.2. The van der Waals surface area contributed by atoms with Gasteiger partial charge in [0.15, 0.2) is 6.10 Å². The minimum absolute atomic E-state index is 0.176. The van der Waals surface area contributed by atoms with Gasteiger partial charge in [-0.05, 0) is 30.9 Å². The molecule has 0 saturated carbocycles. The van der Waals surface area contributed by atoms with Crippen LogP contribution in [0.3, 0.4) is 0 Å². The molecule has 0 aliphatic heterocycles. The van der Waals surface area contributed by atoms with Crippen LogP contribution in [0.1, 0.15) is 33.4 Å². The van der Waals surface area contributed by atoms with E-state index in [-0.39, 0.29) is 16.6 Å². The summed E-state index contributed by atoms with van der Waals surface area (Å²) in [4.78, 5) is 25.8. The second-order valence-electron chi connectivity index (χ2n) is 6.24. The van der Waals surface area contributed by atoms with Crippen LogP contribution < -0.4 is 5.32 Å². The highest BCUT2D eigenvalue weighted by atomic mass is 35.5. The van der Waals surface area contributed by atoms with Crippen LogP contribution >= 0.6 is 22.9 Å². The summed E-state index contributed by atoms with van der Waals surface area (Å²) in [6, 6.07) is 13.5. The van der Waals surface area contributed by atoms with Crippen molar-refractivity contribution in [2.24, 2.45) is 0 Å². The van der Waals surface area contributed by atoms with Crippen LogP contribution in [0, 0.1) is 6.92 Å². The molecule has 0 aliphatic carbocycles. The smallest absolute Gasteiger partial charge is 0.343 e. The van der Waals surface area contributed by atoms with Crippen molar-refractivity contribution in [2.75, 3.05) is 0 Å². The van der Waals surface area contributed by atoms with E-state index in [2.05, 4.69) is 10.4 Å². The van der Waals surface area contributed by atoms with Crippen molar-refractivity contribution in [1.29, 1.82) is 0 Å². The maximum absolute atomic E-state index is 12.6. The van der Waals surface area contributed by atoms with E-state index in [1.807, 2.05) is 47.8 Å². The zero-order valence-corrected chi connectivity index (χ0v) is 17.1. The minimum atomic E-state index is -0.944. The SMILES string of the molecule is Cc1nn(Cc2ccccc2)c(Cl)c1C(=O)O[C@@H](C)C(=O)NCc1cccs1. The molecule has 2 heterocycles. The zero-order valence-electron chi connectivity index (χ0n) is 15.5. The molecule has 6 nitrogen and oxygen atoms in total. The average molecular weight is 418 g/mol. The highest BCUT2D eigenvalue weighted by Gasteiger charge is 2.25. The molecule has 0 spiro atoms. The number of carbonyl (C=O) groups is 2. The average Bonchev–Trinajstić information content (AvgIpc) is 3.28. The van der Waals surface area contributed by atoms with Crippen molar-refractivity contribution >= 4 is 34.8 Å². The Morgan fingerprint density at radius 3 is 2.68 bits per heavy atom. The molecule has 3 rings (SSSR count). The largest absolute Gasteiger partial charge is 0.449 e. The molecule has 0 radical (unpaired) electrons. The number of aryl methyl sites for hydroxylation is 1. The summed E-state index contributed by atoms with van der Waals surface area (Å²) >= 11 is 7.91. The summed E-state index contributed by atoms with van der Waals surface area (Å²) in [5, 5.41) is 9.21. The molecule has 28 heavy (non-hydrogen) atoms. The number of hydrogen-bond donors (Lipinski definition) is 1. The van der Waals surface area contributed by atoms with Crippen LogP contribution in [0.5, 0.6) is 0 Å². The number of benzene rings is 1. The number of nitrogens with one attached hydrogen (secondary N) is 1. The van der Waals surface area contributed by atoms with Gasteiger partial charge in [0.05, 0.1) is 18.8 Å². The third kappa shape index (κ3) is 4.79. The Kier molecular flexibility index (Phi) is 6.49. The van der Waals surface area contributed by atoms with E-state index in [0.717, 1.165) is 10.4 Å². The lowest BCUT2D eigenvalue weighted by Crippen LogP contribution is -2.35. The summed E-state index contributed by atoms with van der Waals surface area (Å²) in [5.41, 5.74) is 1.64. The van der Waals surface area contributed by atoms with Gasteiger partial charge in [-0.25, -0.2) is 9.48 Å². The zero-order chi connectivity index (χ0) is 20.1. The maximum Gasteiger partial charge on any atom is 0.343 e. The Bertz CT molecular complexity index is 955. The fourth-order valence-electron chi connectivity index (χ4n) is 2.65. The molecular weight excluding hydrogens is 398 g/mol. The summed E-state index contributed by atoms with van der Waals surface area (Å²) in [7, 11) is 0. The summed E-state index contributed by atoms with van der Waals surface area (Å²) in [6.07, 6.45) is -0.944. The molecule has 1 amide bonds. The molecule has 0 fully saturated rings. The first kappa shape index (κ1) is 20.1. The van der Waals surface area contributed by atoms with Crippen molar-refractivity contribution in [3.8, 4) is 0 Å². The molecule has 0 bridgehead atoms. The van der Waals surface area contributed by atoms with E-state index in [1.165, 1.54) is 6.92 Å². The van der Waals surface area contributed by atoms with Gasteiger partial charge in [-0.3, -0.25) is 4.79 Å². The van der Waals surface area contributed by atoms with Crippen molar-refractivity contribution in [2.45, 2.75) is 33.0 Å². The quantitative estimate of drug-likeness (QED) is 0.593. The number of nitrogens with zero attached hydrogens (tertiary/aromatic N) is 2. The first-order valence-electron chi connectivity index (χ1n) is 8.73. The highest BCUT2D eigenvalue weighted by Crippen LogP contribution is 2.22. The van der Waals surface area contributed by atoms with Gasteiger partial charge < -0.3 is 10.1 Å². The van der Waals surface area contributed by atoms with Crippen LogP contribution in [0.4, 0.5) is 0 Å². The van der Waals surface area contributed by atoms with Gasteiger partial charge in [0, 0.05) is 4.88 Å². The maximum atomic E-state index is 12.6. The predicted molar refractivity (Wildman–Crippen MR) is 109 cm³/mol. The number of esters is 1. The van der Waals surface area contributed by atoms with Crippen molar-refractivity contribution in [3.05, 3.63) is 74.7 Å². The third-order valence-corrected chi connectivity index (χ3v) is 5.38. The monoisotopic (exact) mass is 417 g/mol. The van der Waals surface area contributed by atoms with Gasteiger partial charge in [-0.1, -0.05) is 48.0 Å². The molecule has 0 aliphatic rings. The van der Waals surface area contributed by atoms with Gasteiger partial charge >= 0.3 is 5.97 Å². The van der Waals surface area contributed by atoms with Crippen molar-refractivity contribution < 1.29 is 14.3 Å². The van der Waals surface area contributed by atoms with Gasteiger partial charge in [-0.15, -0.1) is 11.3 Å². The van der Waals surface area contributed by atoms with Gasteiger partial charge in [0.1, 0.15) is 10.7 Å². The highest BCUT2D eigenvalue weighted by molar-refractivity contribution is 7.09. The van der Waals surface area contributed by atoms with Gasteiger partial charge in [0.2, 0.25) is 0 Å². The molecule has 1 atom stereocenters. The number of amides is 1. The molecule has 2 aromatic heterocycles. The Balaban J connectivity index is 1.64. The normalized spacial score (nSPS) is 11.8. The predicted octanol–water partition coefficient (Wildman–Crippen LogP) is 3.82. The number of hydrogen-bond acceptors (Lipinski definition) is 5. The lowest BCUT2D eigenvalue weighted by Gasteiger charge is -2.13. The molecule has 0 saturated heterocycles. The molecule has 1 aromatic carbocycles. The number of thiophene rings is 1. The fourth-order valence-corrected chi connectivity index (χ4v) is 3.61. The van der Waals surface area contributed by atoms with Crippen molar-refractivity contribution in [1.82, 2.24) is 15.1 Å². The van der Waals surface area contributed by atoms with E-state index in [4.69, 9.17) is 16.3 Å². The number of aromatic nitrogens is 2. The number of rotatable bonds is 7. The summed E-state index contributed by atoms with van der Waals surface area (Å²) in [5.74, 6) is -1.03. The molecule has 3 aromatic rings. The van der Waals surface area contributed by atoms with Crippen molar-refractivity contribution in [3.63, 3.8) is 0 Å². The van der Waals surface area contributed by atoms with E-state index >= 15 is 0 Å². The molecule has 146 valence electrons. The van der Waals surface area contributed by atoms with E-state index in [1.54, 1.807) is 22.9 Å². The molecule has 1 N–H and O–H groups in total. The van der Waals surface area contributed by atoms with Crippen LogP contribution in [0.25, 0.3) is 0 Å². The fraction of sp³-hybridized carbons (Fsp3) is 0.250. The number of ether oxygens (including phenoxy) is 1. The van der Waals surface area contributed by atoms with Crippen LogP contribution in [-0.4, -0.2) is 27.8 Å². The van der Waals surface area contributed by atoms with Gasteiger partial charge in [0.25, 0.3) is 5.91 Å². The number of halogens is 1. The van der Waals surface area contributed by atoms with E-state index in [9.17, 15) is 9.59 Å². The summed E-state index contributed by atoms with van der Waals surface area (Å²) in [6.45, 7) is 4.04. The Labute approximate surface area is 172 Å². The molecule has 0 unspecified atom stereocenters. The third-order valence-electron chi connectivity index (χ3n) is 4.11. The van der Waals surface area contributed by atoms with Crippen LogP contribution in [-0.2, 0) is 22.6 Å². The Morgan fingerprint density at radius 1 is 1.25 bits per heavy atom. The second kappa shape index (κ2) is 9.03. The topological polar surface area (TPSA) is 73.2 Å². The Hall–Kier alpha value is -2.64. The number of carbonyl (C=O) groups excluding carboxylic acids is 2. The van der Waals surface area contributed by atoms with Crippen LogP contribution in [0.15, 0.2) is 47.8 Å². The van der Waals surface area contributed by atoms with E-state index in [0.29, 0.717) is 18.8 Å². The lowest BCUT2D eigenvalue weighted by molar-refractivity contribution is -0.129. The second-order valence-corrected chi connectivity index (χ2v) is 7.63. The summed E-state index contributed by atoms with van der Waals surface area (Å²) < 4.78 is 6.85. The minimum Gasteiger partial charge on any atom is -0.449 e. The molecular formula is C20H20ClN3O3S.